The molecule has 0 saturated heterocycles. The zero-order chi connectivity index (χ0) is 12.7. The van der Waals surface area contributed by atoms with Gasteiger partial charge >= 0.3 is 0 Å². The Hall–Kier alpha value is -1.38. The summed E-state index contributed by atoms with van der Waals surface area (Å²) in [4.78, 5) is 11.8. The highest BCUT2D eigenvalue weighted by Gasteiger charge is 2.09. The highest BCUT2D eigenvalue weighted by Crippen LogP contribution is 2.06. The van der Waals surface area contributed by atoms with Crippen LogP contribution in [0.2, 0.25) is 0 Å². The third-order valence-corrected chi connectivity index (χ3v) is 2.70. The molecule has 0 bridgehead atoms. The number of amides is 1. The standard InChI is InChI=1S/C14H20FNO/c1-3-4-5-7-11(2)16-14(17)12-8-6-9-13(15)10-12/h6,8-11H,3-5,7H2,1-2H3,(H,16,17). The van der Waals surface area contributed by atoms with Crippen molar-refractivity contribution in [1.82, 2.24) is 5.32 Å². The van der Waals surface area contributed by atoms with Crippen LogP contribution in [0, 0.1) is 5.82 Å². The van der Waals surface area contributed by atoms with Crippen LogP contribution in [0.25, 0.3) is 0 Å². The molecule has 0 heterocycles. The lowest BCUT2D eigenvalue weighted by atomic mass is 10.1. The van der Waals surface area contributed by atoms with E-state index < -0.39 is 0 Å². The fourth-order valence-corrected chi connectivity index (χ4v) is 1.71. The molecular weight excluding hydrogens is 217 g/mol. The van der Waals surface area contributed by atoms with Gasteiger partial charge in [-0.3, -0.25) is 4.79 Å². The molecule has 3 heteroatoms. The van der Waals surface area contributed by atoms with Gasteiger partial charge in [0.1, 0.15) is 5.82 Å². The number of carbonyl (C=O) groups is 1. The predicted octanol–water partition coefficient (Wildman–Crippen LogP) is 3.52. The highest BCUT2D eigenvalue weighted by atomic mass is 19.1. The summed E-state index contributed by atoms with van der Waals surface area (Å²) in [6.07, 6.45) is 4.43. The smallest absolute Gasteiger partial charge is 0.251 e. The SMILES string of the molecule is CCCCCC(C)NC(=O)c1cccc(F)c1. The molecule has 0 radical (unpaired) electrons. The number of carbonyl (C=O) groups excluding carboxylic acids is 1. The lowest BCUT2D eigenvalue weighted by molar-refractivity contribution is 0.0937. The Labute approximate surface area is 102 Å². The summed E-state index contributed by atoms with van der Waals surface area (Å²) in [6.45, 7) is 4.13. The second-order valence-corrected chi connectivity index (χ2v) is 4.38. The van der Waals surface area contributed by atoms with Crippen molar-refractivity contribution in [2.24, 2.45) is 0 Å². The maximum atomic E-state index is 12.9. The number of halogens is 1. The molecule has 0 fully saturated rings. The van der Waals surface area contributed by atoms with E-state index in [9.17, 15) is 9.18 Å². The summed E-state index contributed by atoms with van der Waals surface area (Å²) in [5.41, 5.74) is 0.382. The first-order valence-electron chi connectivity index (χ1n) is 6.20. The van der Waals surface area contributed by atoms with Crippen molar-refractivity contribution in [3.05, 3.63) is 35.6 Å². The molecule has 17 heavy (non-hydrogen) atoms. The van der Waals surface area contributed by atoms with Gasteiger partial charge in [-0.05, 0) is 31.5 Å². The van der Waals surface area contributed by atoms with Crippen molar-refractivity contribution in [2.75, 3.05) is 0 Å². The molecule has 1 rings (SSSR count). The van der Waals surface area contributed by atoms with Crippen LogP contribution in [-0.2, 0) is 0 Å². The minimum absolute atomic E-state index is 0.136. The molecule has 0 saturated carbocycles. The van der Waals surface area contributed by atoms with E-state index in [1.165, 1.54) is 25.0 Å². The molecule has 0 aromatic heterocycles. The predicted molar refractivity (Wildman–Crippen MR) is 67.5 cm³/mol. The van der Waals surface area contributed by atoms with Crippen molar-refractivity contribution in [1.29, 1.82) is 0 Å². The maximum Gasteiger partial charge on any atom is 0.251 e. The normalized spacial score (nSPS) is 12.2. The topological polar surface area (TPSA) is 29.1 Å². The van der Waals surface area contributed by atoms with Crippen LogP contribution in [0.5, 0.6) is 0 Å². The van der Waals surface area contributed by atoms with Crippen molar-refractivity contribution >= 4 is 5.91 Å². The highest BCUT2D eigenvalue weighted by molar-refractivity contribution is 5.94. The van der Waals surface area contributed by atoms with E-state index in [-0.39, 0.29) is 17.8 Å². The van der Waals surface area contributed by atoms with E-state index in [2.05, 4.69) is 12.2 Å². The first-order chi connectivity index (χ1) is 8.13. The Morgan fingerprint density at radius 2 is 2.18 bits per heavy atom. The van der Waals surface area contributed by atoms with Gasteiger partial charge in [0, 0.05) is 11.6 Å². The minimum Gasteiger partial charge on any atom is -0.350 e. The van der Waals surface area contributed by atoms with E-state index in [4.69, 9.17) is 0 Å². The molecular formula is C14H20FNO. The second kappa shape index (κ2) is 7.05. The van der Waals surface area contributed by atoms with Gasteiger partial charge in [-0.1, -0.05) is 32.3 Å². The van der Waals surface area contributed by atoms with Crippen LogP contribution >= 0.6 is 0 Å². The van der Waals surface area contributed by atoms with Crippen molar-refractivity contribution in [3.63, 3.8) is 0 Å². The van der Waals surface area contributed by atoms with Crippen LogP contribution in [-0.4, -0.2) is 11.9 Å². The van der Waals surface area contributed by atoms with Gasteiger partial charge in [0.05, 0.1) is 0 Å². The Bertz CT molecular complexity index is 365. The van der Waals surface area contributed by atoms with Gasteiger partial charge in [-0.2, -0.15) is 0 Å². The molecule has 1 N–H and O–H groups in total. The van der Waals surface area contributed by atoms with E-state index >= 15 is 0 Å². The summed E-state index contributed by atoms with van der Waals surface area (Å²) in [7, 11) is 0. The van der Waals surface area contributed by atoms with Gasteiger partial charge in [-0.15, -0.1) is 0 Å². The van der Waals surface area contributed by atoms with Crippen molar-refractivity contribution in [3.8, 4) is 0 Å². The Balaban J connectivity index is 2.43. The molecule has 1 aromatic carbocycles. The Morgan fingerprint density at radius 1 is 1.41 bits per heavy atom. The molecule has 0 aliphatic carbocycles. The molecule has 0 aliphatic heterocycles. The van der Waals surface area contributed by atoms with Crippen LogP contribution in [0.15, 0.2) is 24.3 Å². The van der Waals surface area contributed by atoms with Crippen LogP contribution < -0.4 is 5.32 Å². The number of hydrogen-bond donors (Lipinski definition) is 1. The molecule has 0 spiro atoms. The number of unbranched alkanes of at least 4 members (excludes halogenated alkanes) is 2. The van der Waals surface area contributed by atoms with Gasteiger partial charge in [0.2, 0.25) is 0 Å². The second-order valence-electron chi connectivity index (χ2n) is 4.38. The molecule has 2 nitrogen and oxygen atoms in total. The summed E-state index contributed by atoms with van der Waals surface area (Å²) >= 11 is 0. The fourth-order valence-electron chi connectivity index (χ4n) is 1.71. The number of rotatable bonds is 6. The lowest BCUT2D eigenvalue weighted by Gasteiger charge is -2.13. The van der Waals surface area contributed by atoms with E-state index in [0.717, 1.165) is 12.8 Å². The molecule has 94 valence electrons. The first-order valence-corrected chi connectivity index (χ1v) is 6.20. The lowest BCUT2D eigenvalue weighted by Crippen LogP contribution is -2.32. The summed E-state index contributed by atoms with van der Waals surface area (Å²) in [5.74, 6) is -0.579. The van der Waals surface area contributed by atoms with Crippen molar-refractivity contribution < 1.29 is 9.18 Å². The average molecular weight is 237 g/mol. The number of hydrogen-bond acceptors (Lipinski definition) is 1. The van der Waals surface area contributed by atoms with Gasteiger partial charge in [0.25, 0.3) is 5.91 Å². The zero-order valence-electron chi connectivity index (χ0n) is 10.5. The quantitative estimate of drug-likeness (QED) is 0.753. The molecule has 0 aliphatic rings. The Kier molecular flexibility index (Phi) is 5.67. The Morgan fingerprint density at radius 3 is 2.82 bits per heavy atom. The zero-order valence-corrected chi connectivity index (χ0v) is 10.5. The van der Waals surface area contributed by atoms with Gasteiger partial charge in [-0.25, -0.2) is 4.39 Å². The largest absolute Gasteiger partial charge is 0.350 e. The third-order valence-electron chi connectivity index (χ3n) is 2.70. The molecule has 1 atom stereocenters. The summed E-state index contributed by atoms with van der Waals surface area (Å²) in [5, 5.41) is 2.88. The van der Waals surface area contributed by atoms with Crippen LogP contribution in [0.1, 0.15) is 49.9 Å². The molecule has 1 amide bonds. The van der Waals surface area contributed by atoms with Crippen LogP contribution in [0.3, 0.4) is 0 Å². The van der Waals surface area contributed by atoms with Gasteiger partial charge < -0.3 is 5.32 Å². The summed E-state index contributed by atoms with van der Waals surface area (Å²) < 4.78 is 12.9. The van der Waals surface area contributed by atoms with E-state index in [1.54, 1.807) is 12.1 Å². The number of nitrogens with one attached hydrogen (secondary N) is 1. The monoisotopic (exact) mass is 237 g/mol. The van der Waals surface area contributed by atoms with Gasteiger partial charge in [0.15, 0.2) is 0 Å². The minimum atomic E-state index is -0.378. The maximum absolute atomic E-state index is 12.9. The summed E-state index contributed by atoms with van der Waals surface area (Å²) in [6, 6.07) is 5.90. The fraction of sp³-hybridized carbons (Fsp3) is 0.500. The van der Waals surface area contributed by atoms with Crippen molar-refractivity contribution in [2.45, 2.75) is 45.6 Å². The van der Waals surface area contributed by atoms with E-state index in [0.29, 0.717) is 5.56 Å². The third kappa shape index (κ3) is 4.98. The first kappa shape index (κ1) is 13.7. The van der Waals surface area contributed by atoms with E-state index in [1.807, 2.05) is 6.92 Å². The number of benzene rings is 1. The van der Waals surface area contributed by atoms with Crippen LogP contribution in [0.4, 0.5) is 4.39 Å². The molecule has 1 unspecified atom stereocenters. The average Bonchev–Trinajstić information content (AvgIpc) is 2.29. The molecule has 1 aromatic rings.